The lowest BCUT2D eigenvalue weighted by molar-refractivity contribution is 0.0449. The van der Waals surface area contributed by atoms with Gasteiger partial charge in [-0.2, -0.15) is 0 Å². The number of aromatic nitrogens is 2. The molecule has 1 aromatic heterocycles. The first-order valence-corrected chi connectivity index (χ1v) is 9.62. The normalized spacial score (nSPS) is 10.8. The fraction of sp³-hybridized carbons (Fsp3) is 0.0455. The third-order valence-electron chi connectivity index (χ3n) is 4.41. The number of carbonyl (C=O) groups excluding carboxylic acids is 1. The Kier molecular flexibility index (Phi) is 5.33. The predicted molar refractivity (Wildman–Crippen MR) is 113 cm³/mol. The molecule has 0 N–H and O–H groups in total. The molecule has 4 rings (SSSR count). The van der Waals surface area contributed by atoms with Gasteiger partial charge < -0.3 is 9.57 Å². The Bertz CT molecular complexity index is 1340. The molecule has 4 aromatic rings. The summed E-state index contributed by atoms with van der Waals surface area (Å²) in [6.45, 7) is 0. The fourth-order valence-corrected chi connectivity index (χ4v) is 3.48. The Hall–Kier alpha value is -3.52. The van der Waals surface area contributed by atoms with Gasteiger partial charge in [0.2, 0.25) is 0 Å². The SMILES string of the molecule is COc1ccc(C(=O)On2c(-c3ccccc3F)nc3ccccc3c2=O)cc1Br. The Labute approximate surface area is 178 Å². The average molecular weight is 469 g/mol. The van der Waals surface area contributed by atoms with E-state index in [0.29, 0.717) is 15.7 Å². The van der Waals surface area contributed by atoms with Gasteiger partial charge in [-0.25, -0.2) is 14.2 Å². The van der Waals surface area contributed by atoms with Crippen LogP contribution in [0.15, 0.2) is 76.0 Å². The number of hydrogen-bond donors (Lipinski definition) is 0. The van der Waals surface area contributed by atoms with Crippen molar-refractivity contribution in [3.05, 3.63) is 92.9 Å². The molecule has 30 heavy (non-hydrogen) atoms. The molecule has 0 aliphatic heterocycles. The molecule has 0 saturated carbocycles. The summed E-state index contributed by atoms with van der Waals surface area (Å²) in [6.07, 6.45) is 0. The lowest BCUT2D eigenvalue weighted by atomic mass is 10.2. The van der Waals surface area contributed by atoms with Crippen molar-refractivity contribution < 1.29 is 18.8 Å². The largest absolute Gasteiger partial charge is 0.496 e. The molecule has 0 bridgehead atoms. The highest BCUT2D eigenvalue weighted by atomic mass is 79.9. The number of fused-ring (bicyclic) bond motifs is 1. The fourth-order valence-electron chi connectivity index (χ4n) is 2.94. The highest BCUT2D eigenvalue weighted by Crippen LogP contribution is 2.26. The first kappa shape index (κ1) is 19.8. The quantitative estimate of drug-likeness (QED) is 0.447. The van der Waals surface area contributed by atoms with Crippen molar-refractivity contribution >= 4 is 32.8 Å². The number of nitrogens with zero attached hydrogens (tertiary/aromatic N) is 2. The summed E-state index contributed by atoms with van der Waals surface area (Å²) < 4.78 is 20.9. The van der Waals surface area contributed by atoms with E-state index in [2.05, 4.69) is 20.9 Å². The molecule has 8 heteroatoms. The van der Waals surface area contributed by atoms with E-state index in [4.69, 9.17) is 9.57 Å². The van der Waals surface area contributed by atoms with E-state index in [-0.39, 0.29) is 22.3 Å². The molecule has 0 amide bonds. The lowest BCUT2D eigenvalue weighted by Gasteiger charge is -2.14. The highest BCUT2D eigenvalue weighted by Gasteiger charge is 2.20. The summed E-state index contributed by atoms with van der Waals surface area (Å²) in [5, 5.41) is 0.237. The van der Waals surface area contributed by atoms with Crippen LogP contribution in [0, 0.1) is 5.82 Å². The number of carbonyl (C=O) groups is 1. The Morgan fingerprint density at radius 1 is 1.07 bits per heavy atom. The molecule has 0 saturated heterocycles. The minimum absolute atomic E-state index is 0.0315. The Balaban J connectivity index is 1.87. The molecule has 1 heterocycles. The van der Waals surface area contributed by atoms with Crippen molar-refractivity contribution in [2.45, 2.75) is 0 Å². The summed E-state index contributed by atoms with van der Waals surface area (Å²) in [6, 6.07) is 17.0. The summed E-state index contributed by atoms with van der Waals surface area (Å²) >= 11 is 3.31. The zero-order valence-electron chi connectivity index (χ0n) is 15.6. The smallest absolute Gasteiger partial charge is 0.363 e. The van der Waals surface area contributed by atoms with E-state index in [1.807, 2.05) is 0 Å². The van der Waals surface area contributed by atoms with E-state index < -0.39 is 17.3 Å². The van der Waals surface area contributed by atoms with Crippen molar-refractivity contribution in [3.63, 3.8) is 0 Å². The Morgan fingerprint density at radius 2 is 1.80 bits per heavy atom. The molecule has 150 valence electrons. The summed E-state index contributed by atoms with van der Waals surface area (Å²) in [5.41, 5.74) is -0.0636. The number of rotatable bonds is 4. The van der Waals surface area contributed by atoms with Gasteiger partial charge in [0.1, 0.15) is 11.6 Å². The van der Waals surface area contributed by atoms with Crippen LogP contribution in [0.5, 0.6) is 5.75 Å². The zero-order chi connectivity index (χ0) is 21.3. The van der Waals surface area contributed by atoms with Crippen LogP contribution < -0.4 is 15.1 Å². The minimum Gasteiger partial charge on any atom is -0.496 e. The number of methoxy groups -OCH3 is 1. The number of hydrogen-bond acceptors (Lipinski definition) is 5. The molecule has 0 spiro atoms. The van der Waals surface area contributed by atoms with Gasteiger partial charge in [0.25, 0.3) is 5.56 Å². The van der Waals surface area contributed by atoms with E-state index in [1.54, 1.807) is 36.4 Å². The summed E-state index contributed by atoms with van der Waals surface area (Å²) in [4.78, 5) is 35.6. The van der Waals surface area contributed by atoms with Crippen LogP contribution in [-0.4, -0.2) is 22.8 Å². The third kappa shape index (κ3) is 3.57. The molecular weight excluding hydrogens is 455 g/mol. The zero-order valence-corrected chi connectivity index (χ0v) is 17.2. The molecule has 0 aliphatic carbocycles. The monoisotopic (exact) mass is 468 g/mol. The number of ether oxygens (including phenoxy) is 1. The van der Waals surface area contributed by atoms with Crippen LogP contribution in [-0.2, 0) is 0 Å². The maximum atomic E-state index is 14.5. The number of halogens is 2. The first-order chi connectivity index (χ1) is 14.5. The second-order valence-corrected chi connectivity index (χ2v) is 7.11. The number of para-hydroxylation sites is 1. The van der Waals surface area contributed by atoms with Gasteiger partial charge in [-0.05, 0) is 58.4 Å². The molecule has 6 nitrogen and oxygen atoms in total. The van der Waals surface area contributed by atoms with Gasteiger partial charge in [0.05, 0.1) is 33.6 Å². The second-order valence-electron chi connectivity index (χ2n) is 6.26. The predicted octanol–water partition coefficient (Wildman–Crippen LogP) is 4.24. The summed E-state index contributed by atoms with van der Waals surface area (Å²) in [7, 11) is 1.50. The lowest BCUT2D eigenvalue weighted by Crippen LogP contribution is -2.33. The van der Waals surface area contributed by atoms with Gasteiger partial charge in [-0.15, -0.1) is 4.73 Å². The van der Waals surface area contributed by atoms with Crippen LogP contribution in [0.3, 0.4) is 0 Å². The maximum absolute atomic E-state index is 14.5. The van der Waals surface area contributed by atoms with E-state index in [0.717, 1.165) is 4.73 Å². The molecule has 0 radical (unpaired) electrons. The van der Waals surface area contributed by atoms with E-state index >= 15 is 0 Å². The van der Waals surface area contributed by atoms with E-state index in [1.165, 1.54) is 37.4 Å². The standard InChI is InChI=1S/C22H14BrFN2O4/c1-29-19-11-10-13(12-16(19)23)22(28)30-26-20(14-6-2-4-8-17(14)24)25-18-9-5-3-7-15(18)21(26)27/h2-12H,1H3. The molecule has 3 aromatic carbocycles. The number of benzene rings is 3. The molecule has 0 unspecified atom stereocenters. The molecule has 0 atom stereocenters. The van der Waals surface area contributed by atoms with Gasteiger partial charge in [0, 0.05) is 0 Å². The molecule has 0 aliphatic rings. The van der Waals surface area contributed by atoms with Gasteiger partial charge >= 0.3 is 5.97 Å². The van der Waals surface area contributed by atoms with Gasteiger partial charge in [-0.3, -0.25) is 4.79 Å². The first-order valence-electron chi connectivity index (χ1n) is 8.82. The van der Waals surface area contributed by atoms with Crippen LogP contribution in [0.4, 0.5) is 4.39 Å². The van der Waals surface area contributed by atoms with Crippen LogP contribution in [0.1, 0.15) is 10.4 Å². The third-order valence-corrected chi connectivity index (χ3v) is 5.03. The van der Waals surface area contributed by atoms with E-state index in [9.17, 15) is 14.0 Å². The van der Waals surface area contributed by atoms with Crippen molar-refractivity contribution in [2.24, 2.45) is 0 Å². The topological polar surface area (TPSA) is 70.4 Å². The van der Waals surface area contributed by atoms with Gasteiger partial charge in [0.15, 0.2) is 5.82 Å². The molecule has 0 fully saturated rings. The van der Waals surface area contributed by atoms with Crippen molar-refractivity contribution in [2.75, 3.05) is 7.11 Å². The minimum atomic E-state index is -0.810. The van der Waals surface area contributed by atoms with Crippen molar-refractivity contribution in [1.82, 2.24) is 9.71 Å². The van der Waals surface area contributed by atoms with Crippen molar-refractivity contribution in [3.8, 4) is 17.1 Å². The van der Waals surface area contributed by atoms with Gasteiger partial charge in [-0.1, -0.05) is 24.3 Å². The second kappa shape index (κ2) is 8.08. The highest BCUT2D eigenvalue weighted by molar-refractivity contribution is 9.10. The summed E-state index contributed by atoms with van der Waals surface area (Å²) in [5.74, 6) is -0.993. The maximum Gasteiger partial charge on any atom is 0.363 e. The Morgan fingerprint density at radius 3 is 2.53 bits per heavy atom. The van der Waals surface area contributed by atoms with Crippen LogP contribution in [0.25, 0.3) is 22.3 Å². The molecular formula is C22H14BrFN2O4. The van der Waals surface area contributed by atoms with Crippen LogP contribution in [0.2, 0.25) is 0 Å². The van der Waals surface area contributed by atoms with Crippen molar-refractivity contribution in [1.29, 1.82) is 0 Å². The average Bonchev–Trinajstić information content (AvgIpc) is 2.76. The van der Waals surface area contributed by atoms with Crippen LogP contribution >= 0.6 is 15.9 Å².